The third-order valence-electron chi connectivity index (χ3n) is 6.53. The second kappa shape index (κ2) is 7.57. The lowest BCUT2D eigenvalue weighted by Gasteiger charge is -2.33. The number of methoxy groups -OCH3 is 1. The van der Waals surface area contributed by atoms with E-state index >= 15 is 0 Å². The van der Waals surface area contributed by atoms with Crippen LogP contribution < -0.4 is 4.90 Å². The molecule has 0 aromatic heterocycles. The van der Waals surface area contributed by atoms with Crippen LogP contribution in [0.15, 0.2) is 24.3 Å². The van der Waals surface area contributed by atoms with Gasteiger partial charge in [-0.15, -0.1) is 0 Å². The lowest BCUT2D eigenvalue weighted by atomic mass is 10.1. The Hall–Kier alpha value is -1.59. The number of hydrogen-bond donors (Lipinski definition) is 0. The normalized spacial score (nSPS) is 27.8. The summed E-state index contributed by atoms with van der Waals surface area (Å²) in [6, 6.07) is 10.0. The lowest BCUT2D eigenvalue weighted by Crippen LogP contribution is -2.38. The van der Waals surface area contributed by atoms with Crippen LogP contribution in [0.4, 0.5) is 5.69 Å². The van der Waals surface area contributed by atoms with Crippen molar-refractivity contribution in [3.63, 3.8) is 0 Å². The Morgan fingerprint density at radius 2 is 1.73 bits per heavy atom. The third-order valence-corrected chi connectivity index (χ3v) is 6.53. The molecule has 26 heavy (non-hydrogen) atoms. The second-order valence-electron chi connectivity index (χ2n) is 8.12. The van der Waals surface area contributed by atoms with Crippen LogP contribution in [0.2, 0.25) is 0 Å². The molecule has 4 rings (SSSR count). The van der Waals surface area contributed by atoms with E-state index in [-0.39, 0.29) is 0 Å². The van der Waals surface area contributed by atoms with Gasteiger partial charge in [-0.3, -0.25) is 9.69 Å². The van der Waals surface area contributed by atoms with Gasteiger partial charge in [0.05, 0.1) is 6.10 Å². The van der Waals surface area contributed by atoms with Gasteiger partial charge in [-0.25, -0.2) is 0 Å². The predicted octanol–water partition coefficient (Wildman–Crippen LogP) is 2.50. The maximum absolute atomic E-state index is 12.2. The Morgan fingerprint density at radius 1 is 1.04 bits per heavy atom. The fraction of sp³-hybridized carbons (Fsp3) is 0.667. The second-order valence-corrected chi connectivity index (χ2v) is 8.12. The van der Waals surface area contributed by atoms with Gasteiger partial charge in [0.1, 0.15) is 0 Å². The van der Waals surface area contributed by atoms with E-state index in [1.165, 1.54) is 17.7 Å². The molecule has 0 radical (unpaired) electrons. The minimum atomic E-state index is 0.303. The highest BCUT2D eigenvalue weighted by Crippen LogP contribution is 2.32. The maximum Gasteiger partial charge on any atom is 0.223 e. The van der Waals surface area contributed by atoms with E-state index in [0.29, 0.717) is 30.5 Å². The Bertz CT molecular complexity index is 625. The van der Waals surface area contributed by atoms with Gasteiger partial charge in [0, 0.05) is 64.5 Å². The number of nitrogens with zero attached hydrogens (tertiary/aromatic N) is 3. The Balaban J connectivity index is 1.39. The van der Waals surface area contributed by atoms with Crippen molar-refractivity contribution in [1.29, 1.82) is 0 Å². The standard InChI is InChI=1S/C21H31N3O2/c1-22-15-19-8-7-18(13-21(22)25)24(19)14-16-3-5-17(6-4-16)23-11-9-20(26-2)10-12-23/h3-6,18-20H,7-15H2,1-2H3/t18-,19+/m0/s1. The molecular weight excluding hydrogens is 326 g/mol. The van der Waals surface area contributed by atoms with Gasteiger partial charge in [-0.1, -0.05) is 12.1 Å². The molecule has 1 amide bonds. The van der Waals surface area contributed by atoms with Gasteiger partial charge >= 0.3 is 0 Å². The first-order valence-corrected chi connectivity index (χ1v) is 10.0. The number of anilines is 1. The molecule has 5 heteroatoms. The van der Waals surface area contributed by atoms with Crippen molar-refractivity contribution in [1.82, 2.24) is 9.80 Å². The van der Waals surface area contributed by atoms with Crippen molar-refractivity contribution in [2.45, 2.75) is 56.8 Å². The average molecular weight is 357 g/mol. The molecule has 0 aliphatic carbocycles. The van der Waals surface area contributed by atoms with Crippen molar-refractivity contribution in [3.8, 4) is 0 Å². The van der Waals surface area contributed by atoms with E-state index in [0.717, 1.165) is 45.4 Å². The molecule has 2 atom stereocenters. The largest absolute Gasteiger partial charge is 0.381 e. The first-order chi connectivity index (χ1) is 12.6. The quantitative estimate of drug-likeness (QED) is 0.830. The van der Waals surface area contributed by atoms with E-state index in [4.69, 9.17) is 4.74 Å². The van der Waals surface area contributed by atoms with Crippen molar-refractivity contribution in [2.75, 3.05) is 38.7 Å². The fourth-order valence-corrected chi connectivity index (χ4v) is 4.84. The number of amides is 1. The summed E-state index contributed by atoms with van der Waals surface area (Å²) in [6.07, 6.45) is 5.70. The van der Waals surface area contributed by atoms with Crippen LogP contribution in [0.5, 0.6) is 0 Å². The first kappa shape index (κ1) is 17.8. The number of likely N-dealkylation sites (N-methyl/N-ethyl adjacent to an activating group) is 1. The molecule has 3 heterocycles. The van der Waals surface area contributed by atoms with E-state index < -0.39 is 0 Å². The molecule has 142 valence electrons. The van der Waals surface area contributed by atoms with Crippen LogP contribution in [0.1, 0.15) is 37.7 Å². The molecular formula is C21H31N3O2. The zero-order chi connectivity index (χ0) is 18.1. The van der Waals surface area contributed by atoms with E-state index in [9.17, 15) is 4.79 Å². The molecule has 3 aliphatic heterocycles. The van der Waals surface area contributed by atoms with Crippen molar-refractivity contribution in [2.24, 2.45) is 0 Å². The molecule has 3 saturated heterocycles. The third kappa shape index (κ3) is 3.60. The van der Waals surface area contributed by atoms with Crippen molar-refractivity contribution < 1.29 is 9.53 Å². The van der Waals surface area contributed by atoms with E-state index in [1.54, 1.807) is 0 Å². The summed E-state index contributed by atoms with van der Waals surface area (Å²) >= 11 is 0. The Labute approximate surface area is 156 Å². The molecule has 0 spiro atoms. The Morgan fingerprint density at radius 3 is 2.42 bits per heavy atom. The van der Waals surface area contributed by atoms with Crippen LogP contribution in [-0.2, 0) is 16.1 Å². The van der Waals surface area contributed by atoms with E-state index in [2.05, 4.69) is 34.1 Å². The smallest absolute Gasteiger partial charge is 0.223 e. The zero-order valence-electron chi connectivity index (χ0n) is 16.1. The van der Waals surface area contributed by atoms with Gasteiger partial charge in [-0.2, -0.15) is 0 Å². The minimum Gasteiger partial charge on any atom is -0.381 e. The van der Waals surface area contributed by atoms with Gasteiger partial charge in [0.2, 0.25) is 5.91 Å². The lowest BCUT2D eigenvalue weighted by molar-refractivity contribution is -0.130. The highest BCUT2D eigenvalue weighted by molar-refractivity contribution is 5.77. The fourth-order valence-electron chi connectivity index (χ4n) is 4.84. The van der Waals surface area contributed by atoms with E-state index in [1.807, 2.05) is 19.1 Å². The maximum atomic E-state index is 12.2. The number of ether oxygens (including phenoxy) is 1. The van der Waals surface area contributed by atoms with Crippen molar-refractivity contribution in [3.05, 3.63) is 29.8 Å². The number of likely N-dealkylation sites (tertiary alicyclic amines) is 1. The first-order valence-electron chi connectivity index (χ1n) is 10.0. The van der Waals surface area contributed by atoms with Crippen LogP contribution in [0.3, 0.4) is 0 Å². The van der Waals surface area contributed by atoms with Crippen LogP contribution in [0.25, 0.3) is 0 Å². The van der Waals surface area contributed by atoms with Crippen molar-refractivity contribution >= 4 is 11.6 Å². The van der Waals surface area contributed by atoms with Gasteiger partial charge in [0.25, 0.3) is 0 Å². The Kier molecular flexibility index (Phi) is 5.18. The molecule has 1 aromatic rings. The molecule has 0 N–H and O–H groups in total. The SMILES string of the molecule is COC1CCN(c2ccc(CN3[C@@H]4CC[C@H]3CC(=O)N(C)C4)cc2)CC1. The highest BCUT2D eigenvalue weighted by Gasteiger charge is 2.39. The number of rotatable bonds is 4. The number of carbonyl (C=O) groups is 1. The number of carbonyl (C=O) groups excluding carboxylic acids is 1. The molecule has 0 saturated carbocycles. The summed E-state index contributed by atoms with van der Waals surface area (Å²) < 4.78 is 5.47. The summed E-state index contributed by atoms with van der Waals surface area (Å²) in [6.45, 7) is 3.98. The minimum absolute atomic E-state index is 0.303. The molecule has 0 unspecified atom stereocenters. The molecule has 5 nitrogen and oxygen atoms in total. The number of hydrogen-bond acceptors (Lipinski definition) is 4. The van der Waals surface area contributed by atoms with Gasteiger partial charge < -0.3 is 14.5 Å². The summed E-state index contributed by atoms with van der Waals surface area (Å²) in [7, 11) is 3.76. The molecule has 3 aliphatic rings. The molecule has 3 fully saturated rings. The molecule has 1 aromatic carbocycles. The zero-order valence-corrected chi connectivity index (χ0v) is 16.1. The molecule has 2 bridgehead atoms. The summed E-state index contributed by atoms with van der Waals surface area (Å²) in [5.41, 5.74) is 2.67. The van der Waals surface area contributed by atoms with Gasteiger partial charge in [-0.05, 0) is 43.4 Å². The number of benzene rings is 1. The summed E-state index contributed by atoms with van der Waals surface area (Å²) in [5.74, 6) is 0.303. The summed E-state index contributed by atoms with van der Waals surface area (Å²) in [4.78, 5) is 19.1. The van der Waals surface area contributed by atoms with Gasteiger partial charge in [0.15, 0.2) is 0 Å². The number of fused-ring (bicyclic) bond motifs is 2. The number of piperidine rings is 1. The highest BCUT2D eigenvalue weighted by atomic mass is 16.5. The van der Waals surface area contributed by atoms with Crippen LogP contribution in [-0.4, -0.2) is 67.7 Å². The average Bonchev–Trinajstić information content (AvgIpc) is 2.98. The van der Waals surface area contributed by atoms with Crippen LogP contribution >= 0.6 is 0 Å². The monoisotopic (exact) mass is 357 g/mol. The predicted molar refractivity (Wildman–Crippen MR) is 103 cm³/mol. The summed E-state index contributed by atoms with van der Waals surface area (Å²) in [5, 5.41) is 0. The van der Waals surface area contributed by atoms with Crippen LogP contribution in [0, 0.1) is 0 Å². The topological polar surface area (TPSA) is 36.0 Å².